The molecule has 1 aromatic carbocycles. The van der Waals surface area contributed by atoms with E-state index in [1.54, 1.807) is 4.90 Å². The van der Waals surface area contributed by atoms with E-state index in [0.29, 0.717) is 6.54 Å². The van der Waals surface area contributed by atoms with Gasteiger partial charge in [0.1, 0.15) is 0 Å². The predicted molar refractivity (Wildman–Crippen MR) is 69.1 cm³/mol. The molecule has 2 rings (SSSR count). The average molecular weight is 282 g/mol. The second-order valence-corrected chi connectivity index (χ2v) is 4.83. The average Bonchev–Trinajstić information content (AvgIpc) is 3.21. The van der Waals surface area contributed by atoms with Gasteiger partial charge in [0.05, 0.1) is 0 Å². The van der Waals surface area contributed by atoms with E-state index in [1.807, 2.05) is 0 Å². The van der Waals surface area contributed by atoms with Gasteiger partial charge in [-0.2, -0.15) is 0 Å². The van der Waals surface area contributed by atoms with Crippen LogP contribution in [0.5, 0.6) is 0 Å². The van der Waals surface area contributed by atoms with Crippen LogP contribution >= 0.6 is 0 Å². The molecule has 0 spiro atoms. The molecule has 0 bridgehead atoms. The molecular formula is C14H16F2N2O2. The topological polar surface area (TPSA) is 49.4 Å². The first-order chi connectivity index (χ1) is 9.49. The molecule has 0 aromatic heterocycles. The van der Waals surface area contributed by atoms with Crippen molar-refractivity contribution in [1.29, 1.82) is 0 Å². The van der Waals surface area contributed by atoms with Crippen LogP contribution in [0, 0.1) is 11.6 Å². The van der Waals surface area contributed by atoms with Crippen molar-refractivity contribution in [2.45, 2.75) is 25.8 Å². The third-order valence-corrected chi connectivity index (χ3v) is 3.21. The number of halogens is 2. The molecule has 6 heteroatoms. The minimum Gasteiger partial charge on any atom is -0.350 e. The molecule has 0 aliphatic heterocycles. The predicted octanol–water partition coefficient (Wildman–Crippen LogP) is 1.71. The van der Waals surface area contributed by atoms with Crippen LogP contribution in [0.25, 0.3) is 0 Å². The van der Waals surface area contributed by atoms with Crippen LogP contribution in [-0.2, 0) is 4.79 Å². The molecular weight excluding hydrogens is 266 g/mol. The highest BCUT2D eigenvalue weighted by molar-refractivity contribution is 5.94. The first kappa shape index (κ1) is 14.4. The van der Waals surface area contributed by atoms with Crippen LogP contribution in [-0.4, -0.2) is 35.8 Å². The summed E-state index contributed by atoms with van der Waals surface area (Å²) >= 11 is 0. The van der Waals surface area contributed by atoms with Crippen molar-refractivity contribution >= 4 is 11.8 Å². The van der Waals surface area contributed by atoms with Gasteiger partial charge in [0.25, 0.3) is 5.91 Å². The SMILES string of the molecule is CC(=O)N(CCNC(=O)c1ccc(F)c(F)c1)C1CC1. The van der Waals surface area contributed by atoms with Crippen LogP contribution in [0.15, 0.2) is 18.2 Å². The van der Waals surface area contributed by atoms with Gasteiger partial charge in [-0.3, -0.25) is 9.59 Å². The third-order valence-electron chi connectivity index (χ3n) is 3.21. The molecule has 108 valence electrons. The maximum Gasteiger partial charge on any atom is 0.251 e. The van der Waals surface area contributed by atoms with Crippen molar-refractivity contribution in [2.24, 2.45) is 0 Å². The summed E-state index contributed by atoms with van der Waals surface area (Å²) < 4.78 is 25.8. The summed E-state index contributed by atoms with van der Waals surface area (Å²) in [4.78, 5) is 24.8. The molecule has 0 radical (unpaired) electrons. The summed E-state index contributed by atoms with van der Waals surface area (Å²) in [7, 11) is 0. The Hall–Kier alpha value is -1.98. The largest absolute Gasteiger partial charge is 0.350 e. The monoisotopic (exact) mass is 282 g/mol. The molecule has 2 amide bonds. The summed E-state index contributed by atoms with van der Waals surface area (Å²) in [5.74, 6) is -2.54. The zero-order chi connectivity index (χ0) is 14.7. The van der Waals surface area contributed by atoms with Crippen molar-refractivity contribution in [2.75, 3.05) is 13.1 Å². The molecule has 1 saturated carbocycles. The minimum absolute atomic E-state index is 0.0189. The molecule has 0 atom stereocenters. The van der Waals surface area contributed by atoms with Crippen LogP contribution in [0.4, 0.5) is 8.78 Å². The first-order valence-corrected chi connectivity index (χ1v) is 6.49. The molecule has 0 saturated heterocycles. The summed E-state index contributed by atoms with van der Waals surface area (Å²) in [6, 6.07) is 3.27. The highest BCUT2D eigenvalue weighted by Crippen LogP contribution is 2.26. The lowest BCUT2D eigenvalue weighted by atomic mass is 10.2. The molecule has 1 aliphatic rings. The van der Waals surface area contributed by atoms with Crippen molar-refractivity contribution in [1.82, 2.24) is 10.2 Å². The number of benzene rings is 1. The molecule has 4 nitrogen and oxygen atoms in total. The second kappa shape index (κ2) is 5.98. The normalized spacial score (nSPS) is 13.9. The molecule has 0 unspecified atom stereocenters. The number of nitrogens with zero attached hydrogens (tertiary/aromatic N) is 1. The number of carbonyl (C=O) groups excluding carboxylic acids is 2. The molecule has 1 N–H and O–H groups in total. The third kappa shape index (κ3) is 3.53. The summed E-state index contributed by atoms with van der Waals surface area (Å²) in [5.41, 5.74) is 0.0599. The number of rotatable bonds is 5. The lowest BCUT2D eigenvalue weighted by molar-refractivity contribution is -0.129. The van der Waals surface area contributed by atoms with Crippen molar-refractivity contribution in [3.05, 3.63) is 35.4 Å². The number of amides is 2. The molecule has 0 heterocycles. The van der Waals surface area contributed by atoms with Gasteiger partial charge >= 0.3 is 0 Å². The number of nitrogens with one attached hydrogen (secondary N) is 1. The van der Waals surface area contributed by atoms with Crippen molar-refractivity contribution in [3.8, 4) is 0 Å². The van der Waals surface area contributed by atoms with Crippen molar-refractivity contribution < 1.29 is 18.4 Å². The second-order valence-electron chi connectivity index (χ2n) is 4.83. The maximum atomic E-state index is 13.0. The van der Waals surface area contributed by atoms with Gasteiger partial charge in [0, 0.05) is 31.6 Å². The van der Waals surface area contributed by atoms with E-state index in [9.17, 15) is 18.4 Å². The highest BCUT2D eigenvalue weighted by Gasteiger charge is 2.30. The van der Waals surface area contributed by atoms with E-state index in [-0.39, 0.29) is 24.1 Å². The van der Waals surface area contributed by atoms with Crippen LogP contribution in [0.1, 0.15) is 30.1 Å². The lowest BCUT2D eigenvalue weighted by Gasteiger charge is -2.20. The Labute approximate surface area is 115 Å². The van der Waals surface area contributed by atoms with E-state index in [1.165, 1.54) is 13.0 Å². The van der Waals surface area contributed by atoms with Crippen LogP contribution in [0.3, 0.4) is 0 Å². The Morgan fingerprint density at radius 1 is 1.30 bits per heavy atom. The zero-order valence-corrected chi connectivity index (χ0v) is 11.2. The Balaban J connectivity index is 1.85. The van der Waals surface area contributed by atoms with Gasteiger partial charge < -0.3 is 10.2 Å². The highest BCUT2D eigenvalue weighted by atomic mass is 19.2. The Kier molecular flexibility index (Phi) is 4.32. The Morgan fingerprint density at radius 2 is 2.00 bits per heavy atom. The molecule has 20 heavy (non-hydrogen) atoms. The molecule has 1 fully saturated rings. The quantitative estimate of drug-likeness (QED) is 0.893. The maximum absolute atomic E-state index is 13.0. The fourth-order valence-corrected chi connectivity index (χ4v) is 2.01. The fourth-order valence-electron chi connectivity index (χ4n) is 2.01. The number of carbonyl (C=O) groups is 2. The van der Waals surface area contributed by atoms with E-state index < -0.39 is 17.5 Å². The van der Waals surface area contributed by atoms with E-state index in [4.69, 9.17) is 0 Å². The van der Waals surface area contributed by atoms with Crippen LogP contribution in [0.2, 0.25) is 0 Å². The lowest BCUT2D eigenvalue weighted by Crippen LogP contribution is -2.38. The van der Waals surface area contributed by atoms with Gasteiger partial charge in [-0.15, -0.1) is 0 Å². The van der Waals surface area contributed by atoms with Crippen molar-refractivity contribution in [3.63, 3.8) is 0 Å². The van der Waals surface area contributed by atoms with E-state index >= 15 is 0 Å². The van der Waals surface area contributed by atoms with E-state index in [2.05, 4.69) is 5.32 Å². The fraction of sp³-hybridized carbons (Fsp3) is 0.429. The minimum atomic E-state index is -1.05. The summed E-state index contributed by atoms with van der Waals surface area (Å²) in [6.45, 7) is 2.21. The smallest absolute Gasteiger partial charge is 0.251 e. The summed E-state index contributed by atoms with van der Waals surface area (Å²) in [5, 5.41) is 2.59. The van der Waals surface area contributed by atoms with Gasteiger partial charge in [-0.1, -0.05) is 0 Å². The molecule has 1 aliphatic carbocycles. The number of hydrogen-bond donors (Lipinski definition) is 1. The summed E-state index contributed by atoms with van der Waals surface area (Å²) in [6.07, 6.45) is 1.99. The van der Waals surface area contributed by atoms with Gasteiger partial charge in [-0.25, -0.2) is 8.78 Å². The van der Waals surface area contributed by atoms with E-state index in [0.717, 1.165) is 25.0 Å². The number of hydrogen-bond acceptors (Lipinski definition) is 2. The first-order valence-electron chi connectivity index (χ1n) is 6.49. The van der Waals surface area contributed by atoms with Gasteiger partial charge in [0.2, 0.25) is 5.91 Å². The van der Waals surface area contributed by atoms with Crippen LogP contribution < -0.4 is 5.32 Å². The van der Waals surface area contributed by atoms with Gasteiger partial charge in [-0.05, 0) is 31.0 Å². The Morgan fingerprint density at radius 3 is 2.55 bits per heavy atom. The zero-order valence-electron chi connectivity index (χ0n) is 11.2. The standard InChI is InChI=1S/C14H16F2N2O2/c1-9(19)18(11-3-4-11)7-6-17-14(20)10-2-5-12(15)13(16)8-10/h2,5,8,11H,3-4,6-7H2,1H3,(H,17,20). The Bertz CT molecular complexity index is 530. The molecule has 1 aromatic rings. The van der Waals surface area contributed by atoms with Gasteiger partial charge in [0.15, 0.2) is 11.6 Å².